The topological polar surface area (TPSA) is 68.8 Å². The second-order valence-corrected chi connectivity index (χ2v) is 4.54. The van der Waals surface area contributed by atoms with Crippen LogP contribution < -0.4 is 5.32 Å². The van der Waals surface area contributed by atoms with Crippen LogP contribution in [0.2, 0.25) is 0 Å². The maximum atomic E-state index is 5.02. The number of halogens is 1. The van der Waals surface area contributed by atoms with Crippen molar-refractivity contribution in [3.63, 3.8) is 0 Å². The van der Waals surface area contributed by atoms with Gasteiger partial charge in [-0.05, 0) is 24.6 Å². The van der Waals surface area contributed by atoms with E-state index in [2.05, 4.69) is 32.7 Å². The largest absolute Gasteiger partial charge is 0.361 e. The Bertz CT molecular complexity index is 663. The molecule has 0 saturated heterocycles. The summed E-state index contributed by atoms with van der Waals surface area (Å²) in [7, 11) is 0. The summed E-state index contributed by atoms with van der Waals surface area (Å²) >= 11 is 0. The van der Waals surface area contributed by atoms with Gasteiger partial charge in [0.25, 0.3) is 0 Å². The van der Waals surface area contributed by atoms with Gasteiger partial charge in [0.05, 0.1) is 11.4 Å². The first-order chi connectivity index (χ1) is 9.81. The highest BCUT2D eigenvalue weighted by Gasteiger charge is 2.00. The van der Waals surface area contributed by atoms with E-state index in [1.165, 1.54) is 11.9 Å². The van der Waals surface area contributed by atoms with Crippen LogP contribution in [0.3, 0.4) is 0 Å². The zero-order valence-corrected chi connectivity index (χ0v) is 12.4. The van der Waals surface area contributed by atoms with Gasteiger partial charge in [-0.3, -0.25) is 0 Å². The van der Waals surface area contributed by atoms with Crippen LogP contribution >= 0.6 is 12.4 Å². The number of hydrogen-bond acceptors (Lipinski definition) is 5. The maximum absolute atomic E-state index is 5.02. The van der Waals surface area contributed by atoms with E-state index in [0.29, 0.717) is 6.54 Å². The molecule has 7 heteroatoms. The van der Waals surface area contributed by atoms with Gasteiger partial charge in [-0.15, -0.1) is 12.4 Å². The third-order valence-electron chi connectivity index (χ3n) is 2.93. The number of nitrogens with one attached hydrogen (secondary N) is 1. The molecule has 3 rings (SSSR count). The van der Waals surface area contributed by atoms with Crippen LogP contribution in [0, 0.1) is 6.92 Å². The highest BCUT2D eigenvalue weighted by atomic mass is 35.5. The van der Waals surface area contributed by atoms with E-state index < -0.39 is 0 Å². The fourth-order valence-corrected chi connectivity index (χ4v) is 1.94. The molecule has 3 aromatic rings. The van der Waals surface area contributed by atoms with Crippen LogP contribution in [0.15, 0.2) is 47.5 Å². The minimum absolute atomic E-state index is 0. The summed E-state index contributed by atoms with van der Waals surface area (Å²) in [5, 5.41) is 11.4. The van der Waals surface area contributed by atoms with Crippen molar-refractivity contribution in [1.82, 2.24) is 25.2 Å². The summed E-state index contributed by atoms with van der Waals surface area (Å²) in [6, 6.07) is 10.1. The molecule has 0 atom stereocenters. The number of rotatable bonds is 5. The molecule has 110 valence electrons. The van der Waals surface area contributed by atoms with Crippen LogP contribution in [-0.2, 0) is 13.1 Å². The predicted octanol–water partition coefficient (Wildman–Crippen LogP) is 2.28. The van der Waals surface area contributed by atoms with Gasteiger partial charge in [0, 0.05) is 19.2 Å². The fraction of sp³-hybridized carbons (Fsp3) is 0.214. The number of hydrogen-bond donors (Lipinski definition) is 1. The SMILES string of the molecule is Cc1cc(CNCc2ccc(-n3cncn3)cc2)no1.Cl. The molecule has 0 radical (unpaired) electrons. The second kappa shape index (κ2) is 7.01. The van der Waals surface area contributed by atoms with Crippen LogP contribution in [0.1, 0.15) is 17.0 Å². The van der Waals surface area contributed by atoms with Crippen molar-refractivity contribution in [2.45, 2.75) is 20.0 Å². The summed E-state index contributed by atoms with van der Waals surface area (Å²) in [4.78, 5) is 3.93. The Morgan fingerprint density at radius 3 is 2.62 bits per heavy atom. The molecule has 21 heavy (non-hydrogen) atoms. The predicted molar refractivity (Wildman–Crippen MR) is 80.4 cm³/mol. The maximum Gasteiger partial charge on any atom is 0.138 e. The van der Waals surface area contributed by atoms with Gasteiger partial charge >= 0.3 is 0 Å². The van der Waals surface area contributed by atoms with Gasteiger partial charge in [-0.2, -0.15) is 5.10 Å². The van der Waals surface area contributed by atoms with E-state index in [4.69, 9.17) is 4.52 Å². The number of aryl methyl sites for hydroxylation is 1. The third-order valence-corrected chi connectivity index (χ3v) is 2.93. The van der Waals surface area contributed by atoms with E-state index in [1.54, 1.807) is 11.0 Å². The minimum Gasteiger partial charge on any atom is -0.361 e. The second-order valence-electron chi connectivity index (χ2n) is 4.54. The van der Waals surface area contributed by atoms with Gasteiger partial charge in [-0.25, -0.2) is 9.67 Å². The lowest BCUT2D eigenvalue weighted by molar-refractivity contribution is 0.388. The molecule has 0 aliphatic carbocycles. The van der Waals surface area contributed by atoms with Gasteiger partial charge in [0.1, 0.15) is 18.4 Å². The average molecular weight is 306 g/mol. The molecule has 0 bridgehead atoms. The Morgan fingerprint density at radius 2 is 2.00 bits per heavy atom. The molecular weight excluding hydrogens is 290 g/mol. The van der Waals surface area contributed by atoms with E-state index in [-0.39, 0.29) is 12.4 Å². The molecule has 1 aromatic carbocycles. The quantitative estimate of drug-likeness (QED) is 0.783. The van der Waals surface area contributed by atoms with Crippen molar-refractivity contribution in [1.29, 1.82) is 0 Å². The first kappa shape index (κ1) is 15.2. The Hall–Kier alpha value is -2.18. The summed E-state index contributed by atoms with van der Waals surface area (Å²) in [6.45, 7) is 3.37. The van der Waals surface area contributed by atoms with Crippen LogP contribution in [0.25, 0.3) is 5.69 Å². The number of aromatic nitrogens is 4. The molecule has 0 aliphatic rings. The van der Waals surface area contributed by atoms with E-state index in [9.17, 15) is 0 Å². The van der Waals surface area contributed by atoms with Gasteiger partial charge in [-0.1, -0.05) is 17.3 Å². The van der Waals surface area contributed by atoms with Crippen molar-refractivity contribution < 1.29 is 4.52 Å². The lowest BCUT2D eigenvalue weighted by Crippen LogP contribution is -2.12. The molecule has 0 fully saturated rings. The normalized spacial score (nSPS) is 10.3. The van der Waals surface area contributed by atoms with E-state index >= 15 is 0 Å². The van der Waals surface area contributed by atoms with E-state index in [0.717, 1.165) is 23.7 Å². The monoisotopic (exact) mass is 305 g/mol. The zero-order valence-electron chi connectivity index (χ0n) is 11.6. The molecule has 0 amide bonds. The highest BCUT2D eigenvalue weighted by molar-refractivity contribution is 5.85. The lowest BCUT2D eigenvalue weighted by Gasteiger charge is -2.04. The Morgan fingerprint density at radius 1 is 1.19 bits per heavy atom. The molecule has 2 heterocycles. The zero-order chi connectivity index (χ0) is 13.8. The molecule has 6 nitrogen and oxygen atoms in total. The van der Waals surface area contributed by atoms with E-state index in [1.807, 2.05) is 25.1 Å². The first-order valence-electron chi connectivity index (χ1n) is 6.38. The molecule has 0 spiro atoms. The van der Waals surface area contributed by atoms with Crippen LogP contribution in [0.5, 0.6) is 0 Å². The fourth-order valence-electron chi connectivity index (χ4n) is 1.94. The smallest absolute Gasteiger partial charge is 0.138 e. The summed E-state index contributed by atoms with van der Waals surface area (Å²) in [5.41, 5.74) is 3.12. The number of nitrogens with zero attached hydrogens (tertiary/aromatic N) is 4. The van der Waals surface area contributed by atoms with Gasteiger partial charge in [0.2, 0.25) is 0 Å². The standard InChI is InChI=1S/C14H15N5O.ClH/c1-11-6-13(18-20-11)8-15-7-12-2-4-14(5-3-12)19-10-16-9-17-19;/h2-6,9-10,15H,7-8H2,1H3;1H. The third kappa shape index (κ3) is 3.90. The lowest BCUT2D eigenvalue weighted by atomic mass is 10.2. The average Bonchev–Trinajstić information content (AvgIpc) is 3.11. The number of benzene rings is 1. The summed E-state index contributed by atoms with van der Waals surface area (Å²) in [5.74, 6) is 0.832. The van der Waals surface area contributed by atoms with Gasteiger partial charge in [0.15, 0.2) is 0 Å². The van der Waals surface area contributed by atoms with Crippen LogP contribution in [0.4, 0.5) is 0 Å². The Kier molecular flexibility index (Phi) is 5.08. The highest BCUT2D eigenvalue weighted by Crippen LogP contribution is 2.08. The molecule has 0 saturated carbocycles. The minimum atomic E-state index is 0. The van der Waals surface area contributed by atoms with Crippen molar-refractivity contribution >= 4 is 12.4 Å². The molecule has 2 aromatic heterocycles. The molecule has 1 N–H and O–H groups in total. The van der Waals surface area contributed by atoms with Crippen molar-refractivity contribution in [3.8, 4) is 5.69 Å². The Labute approximate surface area is 128 Å². The summed E-state index contributed by atoms with van der Waals surface area (Å²) < 4.78 is 6.75. The first-order valence-corrected chi connectivity index (χ1v) is 6.38. The Balaban J connectivity index is 0.00000161. The van der Waals surface area contributed by atoms with Crippen molar-refractivity contribution in [2.24, 2.45) is 0 Å². The van der Waals surface area contributed by atoms with Crippen LogP contribution in [-0.4, -0.2) is 19.9 Å². The summed E-state index contributed by atoms with van der Waals surface area (Å²) in [6.07, 6.45) is 3.20. The molecule has 0 unspecified atom stereocenters. The van der Waals surface area contributed by atoms with Gasteiger partial charge < -0.3 is 9.84 Å². The van der Waals surface area contributed by atoms with Crippen molar-refractivity contribution in [3.05, 3.63) is 60.0 Å². The molecule has 0 aliphatic heterocycles. The van der Waals surface area contributed by atoms with Crippen molar-refractivity contribution in [2.75, 3.05) is 0 Å². The molecular formula is C14H16ClN5O.